The van der Waals surface area contributed by atoms with Gasteiger partial charge >= 0.3 is 0 Å². The van der Waals surface area contributed by atoms with Gasteiger partial charge in [-0.2, -0.15) is 0 Å². The topological polar surface area (TPSA) is 12.0 Å². The molecule has 17 heavy (non-hydrogen) atoms. The quantitative estimate of drug-likeness (QED) is 0.802. The summed E-state index contributed by atoms with van der Waals surface area (Å²) in [7, 11) is 0. The predicted octanol–water partition coefficient (Wildman–Crippen LogP) is 4.18. The molecule has 88 valence electrons. The SMILES string of the molecule is Fc1cccc(CNc2ccc(CCl)cc2)c1. The Labute approximate surface area is 105 Å². The van der Waals surface area contributed by atoms with Crippen LogP contribution in [-0.2, 0) is 12.4 Å². The highest BCUT2D eigenvalue weighted by Gasteiger charge is 1.96. The minimum atomic E-state index is -0.207. The Morgan fingerprint density at radius 3 is 2.41 bits per heavy atom. The molecule has 0 aliphatic heterocycles. The van der Waals surface area contributed by atoms with Crippen molar-refractivity contribution in [3.63, 3.8) is 0 Å². The summed E-state index contributed by atoms with van der Waals surface area (Å²) < 4.78 is 12.9. The van der Waals surface area contributed by atoms with E-state index in [0.29, 0.717) is 12.4 Å². The molecule has 2 rings (SSSR count). The second kappa shape index (κ2) is 5.69. The fraction of sp³-hybridized carbons (Fsp3) is 0.143. The summed E-state index contributed by atoms with van der Waals surface area (Å²) in [6, 6.07) is 14.5. The molecule has 1 nitrogen and oxygen atoms in total. The Kier molecular flexibility index (Phi) is 3.99. The summed E-state index contributed by atoms with van der Waals surface area (Å²) in [5.74, 6) is 0.311. The summed E-state index contributed by atoms with van der Waals surface area (Å²) in [6.45, 7) is 0.609. The molecule has 0 spiro atoms. The molecule has 0 bridgehead atoms. The van der Waals surface area contributed by atoms with Crippen LogP contribution in [0, 0.1) is 5.82 Å². The molecule has 2 aromatic carbocycles. The van der Waals surface area contributed by atoms with Gasteiger partial charge in [0.05, 0.1) is 0 Å². The van der Waals surface area contributed by atoms with Crippen LogP contribution in [0.5, 0.6) is 0 Å². The third-order valence-corrected chi connectivity index (χ3v) is 2.80. The number of halogens is 2. The zero-order valence-electron chi connectivity index (χ0n) is 9.29. The van der Waals surface area contributed by atoms with Crippen LogP contribution in [0.25, 0.3) is 0 Å². The molecule has 0 aliphatic carbocycles. The molecular formula is C14H13ClFN. The van der Waals surface area contributed by atoms with E-state index < -0.39 is 0 Å². The lowest BCUT2D eigenvalue weighted by molar-refractivity contribution is 0.626. The fourth-order valence-electron chi connectivity index (χ4n) is 1.56. The maximum absolute atomic E-state index is 12.9. The van der Waals surface area contributed by atoms with E-state index >= 15 is 0 Å². The standard InChI is InChI=1S/C14H13ClFN/c15-9-11-4-6-14(7-5-11)17-10-12-2-1-3-13(16)8-12/h1-8,17H,9-10H2. The van der Waals surface area contributed by atoms with Gasteiger partial charge in [0.2, 0.25) is 0 Å². The van der Waals surface area contributed by atoms with Gasteiger partial charge < -0.3 is 5.32 Å². The molecule has 0 aromatic heterocycles. The zero-order chi connectivity index (χ0) is 12.1. The summed E-state index contributed by atoms with van der Waals surface area (Å²) in [4.78, 5) is 0. The van der Waals surface area contributed by atoms with E-state index in [1.807, 2.05) is 30.3 Å². The third-order valence-electron chi connectivity index (χ3n) is 2.49. The average molecular weight is 250 g/mol. The average Bonchev–Trinajstić information content (AvgIpc) is 2.37. The van der Waals surface area contributed by atoms with Gasteiger partial charge in [0, 0.05) is 18.1 Å². The van der Waals surface area contributed by atoms with Crippen molar-refractivity contribution in [2.24, 2.45) is 0 Å². The van der Waals surface area contributed by atoms with Crippen molar-refractivity contribution >= 4 is 17.3 Å². The first-order valence-corrected chi connectivity index (χ1v) is 5.94. The molecule has 0 saturated heterocycles. The van der Waals surface area contributed by atoms with Crippen molar-refractivity contribution in [1.29, 1.82) is 0 Å². The first-order valence-electron chi connectivity index (χ1n) is 5.41. The van der Waals surface area contributed by atoms with E-state index in [1.54, 1.807) is 6.07 Å². The maximum atomic E-state index is 12.9. The van der Waals surface area contributed by atoms with Crippen molar-refractivity contribution in [2.75, 3.05) is 5.32 Å². The van der Waals surface area contributed by atoms with E-state index in [9.17, 15) is 4.39 Å². The second-order valence-electron chi connectivity index (χ2n) is 3.81. The summed E-state index contributed by atoms with van der Waals surface area (Å²) in [5, 5.41) is 3.23. The number of hydrogen-bond donors (Lipinski definition) is 1. The van der Waals surface area contributed by atoms with Crippen molar-refractivity contribution in [3.8, 4) is 0 Å². The van der Waals surface area contributed by atoms with E-state index in [2.05, 4.69) is 5.32 Å². The lowest BCUT2D eigenvalue weighted by Crippen LogP contribution is -1.99. The van der Waals surface area contributed by atoms with Crippen molar-refractivity contribution in [2.45, 2.75) is 12.4 Å². The number of hydrogen-bond acceptors (Lipinski definition) is 1. The summed E-state index contributed by atoms with van der Waals surface area (Å²) in [6.07, 6.45) is 0. The Hall–Kier alpha value is -1.54. The van der Waals surface area contributed by atoms with Crippen LogP contribution in [0.3, 0.4) is 0 Å². The van der Waals surface area contributed by atoms with Crippen LogP contribution in [0.2, 0.25) is 0 Å². The predicted molar refractivity (Wildman–Crippen MR) is 69.7 cm³/mol. The molecule has 0 unspecified atom stereocenters. The molecule has 0 aliphatic rings. The Morgan fingerprint density at radius 1 is 1.00 bits per heavy atom. The molecule has 0 heterocycles. The van der Waals surface area contributed by atoms with Crippen molar-refractivity contribution in [3.05, 3.63) is 65.5 Å². The summed E-state index contributed by atoms with van der Waals surface area (Å²) >= 11 is 5.71. The highest BCUT2D eigenvalue weighted by atomic mass is 35.5. The smallest absolute Gasteiger partial charge is 0.123 e. The van der Waals surface area contributed by atoms with Gasteiger partial charge in [-0.1, -0.05) is 24.3 Å². The van der Waals surface area contributed by atoms with Crippen LogP contribution in [0.4, 0.5) is 10.1 Å². The highest BCUT2D eigenvalue weighted by Crippen LogP contribution is 2.13. The lowest BCUT2D eigenvalue weighted by Gasteiger charge is -2.07. The van der Waals surface area contributed by atoms with Crippen LogP contribution >= 0.6 is 11.6 Å². The minimum Gasteiger partial charge on any atom is -0.381 e. The Balaban J connectivity index is 1.97. The molecule has 0 atom stereocenters. The van der Waals surface area contributed by atoms with Gasteiger partial charge in [-0.15, -0.1) is 11.6 Å². The normalized spacial score (nSPS) is 10.2. The Morgan fingerprint density at radius 2 is 1.76 bits per heavy atom. The van der Waals surface area contributed by atoms with Gasteiger partial charge in [-0.05, 0) is 35.4 Å². The second-order valence-corrected chi connectivity index (χ2v) is 4.08. The lowest BCUT2D eigenvalue weighted by atomic mass is 10.2. The van der Waals surface area contributed by atoms with Gasteiger partial charge in [-0.3, -0.25) is 0 Å². The highest BCUT2D eigenvalue weighted by molar-refractivity contribution is 6.17. The molecule has 0 amide bonds. The van der Waals surface area contributed by atoms with Crippen LogP contribution in [-0.4, -0.2) is 0 Å². The van der Waals surface area contributed by atoms with Crippen LogP contribution < -0.4 is 5.32 Å². The number of alkyl halides is 1. The molecule has 0 fully saturated rings. The monoisotopic (exact) mass is 249 g/mol. The first kappa shape index (κ1) is 11.9. The maximum Gasteiger partial charge on any atom is 0.123 e. The van der Waals surface area contributed by atoms with E-state index in [0.717, 1.165) is 16.8 Å². The van der Waals surface area contributed by atoms with Gasteiger partial charge in [0.1, 0.15) is 5.82 Å². The van der Waals surface area contributed by atoms with E-state index in [1.165, 1.54) is 12.1 Å². The van der Waals surface area contributed by atoms with E-state index in [4.69, 9.17) is 11.6 Å². The Bertz CT molecular complexity index is 482. The van der Waals surface area contributed by atoms with Crippen LogP contribution in [0.15, 0.2) is 48.5 Å². The fourth-order valence-corrected chi connectivity index (χ4v) is 1.74. The zero-order valence-corrected chi connectivity index (χ0v) is 10.0. The van der Waals surface area contributed by atoms with Gasteiger partial charge in [0.15, 0.2) is 0 Å². The third kappa shape index (κ3) is 3.46. The van der Waals surface area contributed by atoms with E-state index in [-0.39, 0.29) is 5.82 Å². The van der Waals surface area contributed by atoms with Gasteiger partial charge in [-0.25, -0.2) is 4.39 Å². The number of nitrogens with one attached hydrogen (secondary N) is 1. The molecule has 1 N–H and O–H groups in total. The molecule has 2 aromatic rings. The summed E-state index contributed by atoms with van der Waals surface area (Å²) in [5.41, 5.74) is 3.01. The number of benzene rings is 2. The van der Waals surface area contributed by atoms with Crippen molar-refractivity contribution in [1.82, 2.24) is 0 Å². The minimum absolute atomic E-state index is 0.207. The first-order chi connectivity index (χ1) is 8.28. The largest absolute Gasteiger partial charge is 0.381 e. The molecule has 0 saturated carbocycles. The number of anilines is 1. The molecular weight excluding hydrogens is 237 g/mol. The van der Waals surface area contributed by atoms with Gasteiger partial charge in [0.25, 0.3) is 0 Å². The van der Waals surface area contributed by atoms with Crippen LogP contribution in [0.1, 0.15) is 11.1 Å². The number of rotatable bonds is 4. The molecule has 3 heteroatoms. The van der Waals surface area contributed by atoms with Crippen molar-refractivity contribution < 1.29 is 4.39 Å². The molecule has 0 radical (unpaired) electrons.